The highest BCUT2D eigenvalue weighted by Gasteiger charge is 2.12. The number of nitrogens with zero attached hydrogens (tertiary/aromatic N) is 1. The van der Waals surface area contributed by atoms with Crippen LogP contribution in [-0.2, 0) is 6.54 Å². The lowest BCUT2D eigenvalue weighted by molar-refractivity contribution is 0.0697. The van der Waals surface area contributed by atoms with Crippen molar-refractivity contribution in [2.24, 2.45) is 0 Å². The van der Waals surface area contributed by atoms with Crippen LogP contribution in [0.15, 0.2) is 36.4 Å². The zero-order valence-corrected chi connectivity index (χ0v) is 9.85. The quantitative estimate of drug-likeness (QED) is 0.813. The molecule has 3 nitrogen and oxygen atoms in total. The van der Waals surface area contributed by atoms with Crippen LogP contribution in [0.4, 0.5) is 0 Å². The summed E-state index contributed by atoms with van der Waals surface area (Å²) in [7, 11) is 0. The Morgan fingerprint density at radius 1 is 1.24 bits per heavy atom. The zero-order valence-electron chi connectivity index (χ0n) is 9.85. The number of carboxylic acid groups (broad SMARTS) is 1. The van der Waals surface area contributed by atoms with Gasteiger partial charge in [0.25, 0.3) is 0 Å². The summed E-state index contributed by atoms with van der Waals surface area (Å²) in [4.78, 5) is 13.1. The van der Waals surface area contributed by atoms with Gasteiger partial charge in [-0.05, 0) is 30.5 Å². The van der Waals surface area contributed by atoms with Crippen LogP contribution in [0.2, 0.25) is 0 Å². The molecule has 0 aliphatic carbocycles. The lowest BCUT2D eigenvalue weighted by Gasteiger charge is -2.27. The number of carboxylic acids is 1. The molecular weight excluding hydrogens is 214 g/mol. The van der Waals surface area contributed by atoms with E-state index < -0.39 is 5.97 Å². The van der Waals surface area contributed by atoms with Gasteiger partial charge in [0, 0.05) is 19.6 Å². The molecule has 0 spiro atoms. The fourth-order valence-corrected chi connectivity index (χ4v) is 2.04. The smallest absolute Gasteiger partial charge is 0.335 e. The Labute approximate surface area is 101 Å². The van der Waals surface area contributed by atoms with E-state index in [-0.39, 0.29) is 0 Å². The Bertz CT molecular complexity index is 412. The van der Waals surface area contributed by atoms with E-state index in [4.69, 9.17) is 5.11 Å². The molecule has 17 heavy (non-hydrogen) atoms. The Kier molecular flexibility index (Phi) is 3.59. The molecule has 1 heterocycles. The monoisotopic (exact) mass is 231 g/mol. The van der Waals surface area contributed by atoms with Crippen LogP contribution in [0.25, 0.3) is 0 Å². The highest BCUT2D eigenvalue weighted by atomic mass is 16.4. The molecule has 0 aromatic heterocycles. The molecule has 0 amide bonds. The minimum Gasteiger partial charge on any atom is -0.478 e. The first-order valence-corrected chi connectivity index (χ1v) is 5.86. The minimum absolute atomic E-state index is 0.348. The van der Waals surface area contributed by atoms with Crippen LogP contribution < -0.4 is 0 Å². The maximum absolute atomic E-state index is 10.7. The SMILES string of the molecule is C=C1CCN(Cc2ccc(C(=O)O)cc2)CC1. The number of piperidine rings is 1. The first-order chi connectivity index (χ1) is 8.15. The van der Waals surface area contributed by atoms with Crippen LogP contribution in [-0.4, -0.2) is 29.1 Å². The number of hydrogen-bond donors (Lipinski definition) is 1. The normalized spacial score (nSPS) is 17.1. The molecule has 0 atom stereocenters. The van der Waals surface area contributed by atoms with Crippen LogP contribution in [0.5, 0.6) is 0 Å². The van der Waals surface area contributed by atoms with Crippen molar-refractivity contribution in [3.63, 3.8) is 0 Å². The van der Waals surface area contributed by atoms with Crippen molar-refractivity contribution < 1.29 is 9.90 Å². The molecule has 3 heteroatoms. The summed E-state index contributed by atoms with van der Waals surface area (Å²) in [6.45, 7) is 7.00. The lowest BCUT2D eigenvalue weighted by atomic mass is 10.0. The highest BCUT2D eigenvalue weighted by Crippen LogP contribution is 2.16. The number of benzene rings is 1. The van der Waals surface area contributed by atoms with Crippen LogP contribution >= 0.6 is 0 Å². The van der Waals surface area contributed by atoms with Crippen molar-refractivity contribution in [2.75, 3.05) is 13.1 Å². The molecule has 1 aliphatic heterocycles. The molecule has 1 aromatic rings. The second-order valence-electron chi connectivity index (χ2n) is 4.53. The van der Waals surface area contributed by atoms with E-state index in [0.717, 1.165) is 32.5 Å². The zero-order chi connectivity index (χ0) is 12.3. The van der Waals surface area contributed by atoms with Gasteiger partial charge in [-0.2, -0.15) is 0 Å². The predicted octanol–water partition coefficient (Wildman–Crippen LogP) is 2.54. The molecule has 0 radical (unpaired) electrons. The third kappa shape index (κ3) is 3.17. The molecule has 90 valence electrons. The third-order valence-electron chi connectivity index (χ3n) is 3.17. The van der Waals surface area contributed by atoms with Crippen LogP contribution in [0.3, 0.4) is 0 Å². The van der Waals surface area contributed by atoms with E-state index in [1.807, 2.05) is 12.1 Å². The van der Waals surface area contributed by atoms with Crippen molar-refractivity contribution in [1.29, 1.82) is 0 Å². The van der Waals surface area contributed by atoms with Gasteiger partial charge >= 0.3 is 5.97 Å². The summed E-state index contributed by atoms with van der Waals surface area (Å²) >= 11 is 0. The maximum atomic E-state index is 10.7. The lowest BCUT2D eigenvalue weighted by Crippen LogP contribution is -2.29. The van der Waals surface area contributed by atoms with Crippen molar-refractivity contribution >= 4 is 5.97 Å². The summed E-state index contributed by atoms with van der Waals surface area (Å²) in [6.07, 6.45) is 2.15. The number of hydrogen-bond acceptors (Lipinski definition) is 2. The number of likely N-dealkylation sites (tertiary alicyclic amines) is 1. The molecule has 0 saturated carbocycles. The highest BCUT2D eigenvalue weighted by molar-refractivity contribution is 5.87. The summed E-state index contributed by atoms with van der Waals surface area (Å²) in [6, 6.07) is 7.13. The fraction of sp³-hybridized carbons (Fsp3) is 0.357. The largest absolute Gasteiger partial charge is 0.478 e. The van der Waals surface area contributed by atoms with Crippen LogP contribution in [0.1, 0.15) is 28.8 Å². The topological polar surface area (TPSA) is 40.5 Å². The summed E-state index contributed by atoms with van der Waals surface area (Å²) < 4.78 is 0. The standard InChI is InChI=1S/C14H17NO2/c1-11-6-8-15(9-7-11)10-12-2-4-13(5-3-12)14(16)17/h2-5H,1,6-10H2,(H,16,17). The molecule has 0 unspecified atom stereocenters. The number of aromatic carboxylic acids is 1. The average Bonchev–Trinajstić information content (AvgIpc) is 2.33. The van der Waals surface area contributed by atoms with E-state index >= 15 is 0 Å². The van der Waals surface area contributed by atoms with E-state index in [1.54, 1.807) is 12.1 Å². The van der Waals surface area contributed by atoms with E-state index in [2.05, 4.69) is 11.5 Å². The van der Waals surface area contributed by atoms with Gasteiger partial charge in [-0.1, -0.05) is 24.3 Å². The molecule has 1 saturated heterocycles. The first-order valence-electron chi connectivity index (χ1n) is 5.86. The molecule has 0 bridgehead atoms. The maximum Gasteiger partial charge on any atom is 0.335 e. The second kappa shape index (κ2) is 5.15. The van der Waals surface area contributed by atoms with Crippen molar-refractivity contribution in [1.82, 2.24) is 4.90 Å². The van der Waals surface area contributed by atoms with E-state index in [0.29, 0.717) is 5.56 Å². The van der Waals surface area contributed by atoms with Gasteiger partial charge in [0.05, 0.1) is 5.56 Å². The predicted molar refractivity (Wildman–Crippen MR) is 67.1 cm³/mol. The Morgan fingerprint density at radius 2 is 1.82 bits per heavy atom. The Morgan fingerprint density at radius 3 is 2.35 bits per heavy atom. The fourth-order valence-electron chi connectivity index (χ4n) is 2.04. The number of carbonyl (C=O) groups is 1. The average molecular weight is 231 g/mol. The number of rotatable bonds is 3. The Hall–Kier alpha value is -1.61. The second-order valence-corrected chi connectivity index (χ2v) is 4.53. The van der Waals surface area contributed by atoms with Gasteiger partial charge in [0.2, 0.25) is 0 Å². The molecular formula is C14H17NO2. The van der Waals surface area contributed by atoms with Crippen molar-refractivity contribution in [3.8, 4) is 0 Å². The van der Waals surface area contributed by atoms with Gasteiger partial charge in [-0.25, -0.2) is 4.79 Å². The molecule has 1 aromatic carbocycles. The first kappa shape index (κ1) is 11.9. The van der Waals surface area contributed by atoms with Crippen LogP contribution in [0, 0.1) is 0 Å². The molecule has 1 fully saturated rings. The summed E-state index contributed by atoms with van der Waals surface area (Å²) in [5.74, 6) is -0.870. The van der Waals surface area contributed by atoms with Gasteiger partial charge in [0.1, 0.15) is 0 Å². The van der Waals surface area contributed by atoms with E-state index in [1.165, 1.54) is 11.1 Å². The van der Waals surface area contributed by atoms with Gasteiger partial charge in [-0.3, -0.25) is 4.90 Å². The molecule has 1 N–H and O–H groups in total. The minimum atomic E-state index is -0.870. The summed E-state index contributed by atoms with van der Waals surface area (Å²) in [5.41, 5.74) is 2.85. The molecule has 1 aliphatic rings. The third-order valence-corrected chi connectivity index (χ3v) is 3.17. The van der Waals surface area contributed by atoms with Gasteiger partial charge in [-0.15, -0.1) is 0 Å². The van der Waals surface area contributed by atoms with Crippen molar-refractivity contribution in [2.45, 2.75) is 19.4 Å². The molecule has 2 rings (SSSR count). The Balaban J connectivity index is 1.95. The van der Waals surface area contributed by atoms with E-state index in [9.17, 15) is 4.79 Å². The van der Waals surface area contributed by atoms with Gasteiger partial charge < -0.3 is 5.11 Å². The van der Waals surface area contributed by atoms with Crippen molar-refractivity contribution in [3.05, 3.63) is 47.5 Å². The summed E-state index contributed by atoms with van der Waals surface area (Å²) in [5, 5.41) is 8.81. The van der Waals surface area contributed by atoms with Gasteiger partial charge in [0.15, 0.2) is 0 Å².